The lowest BCUT2D eigenvalue weighted by Gasteiger charge is -2.20. The molecule has 4 rings (SSSR count). The van der Waals surface area contributed by atoms with Crippen molar-refractivity contribution in [2.75, 3.05) is 17.1 Å². The van der Waals surface area contributed by atoms with Gasteiger partial charge in [-0.05, 0) is 57.5 Å². The van der Waals surface area contributed by atoms with Crippen LogP contribution in [0.2, 0.25) is 0 Å². The number of nitrogens with zero attached hydrogens (tertiary/aromatic N) is 2. The standard InChI is InChI=1S/C29H30FN3O7S/c1-5-38-28(35)26-23-15-24(39-17-19-9-7-6-8-10-19)22(32-41(36,37)18-25(34)40-29(2,3)4)16-33(23)31-27(26)20-11-13-21(30)14-12-20/h6-16,32H,5,17-18H2,1-4H3. The third-order valence-electron chi connectivity index (χ3n) is 5.56. The van der Waals surface area contributed by atoms with E-state index in [0.717, 1.165) is 5.56 Å². The maximum atomic E-state index is 13.6. The highest BCUT2D eigenvalue weighted by Gasteiger charge is 2.27. The summed E-state index contributed by atoms with van der Waals surface area (Å²) in [6, 6.07) is 16.0. The van der Waals surface area contributed by atoms with Gasteiger partial charge in [0.2, 0.25) is 10.0 Å². The van der Waals surface area contributed by atoms with Crippen molar-refractivity contribution in [3.8, 4) is 17.0 Å². The molecule has 10 nitrogen and oxygen atoms in total. The summed E-state index contributed by atoms with van der Waals surface area (Å²) < 4.78 is 59.7. The molecule has 2 aromatic heterocycles. The number of nitrogens with one attached hydrogen (secondary N) is 1. The van der Waals surface area contributed by atoms with Gasteiger partial charge in [0, 0.05) is 11.6 Å². The number of halogens is 1. The maximum absolute atomic E-state index is 13.6. The van der Waals surface area contributed by atoms with E-state index in [2.05, 4.69) is 9.82 Å². The fourth-order valence-corrected chi connectivity index (χ4v) is 4.88. The van der Waals surface area contributed by atoms with Crippen LogP contribution >= 0.6 is 0 Å². The predicted molar refractivity (Wildman–Crippen MR) is 151 cm³/mol. The Hall–Kier alpha value is -4.45. The van der Waals surface area contributed by atoms with E-state index in [0.29, 0.717) is 5.56 Å². The highest BCUT2D eigenvalue weighted by molar-refractivity contribution is 7.93. The van der Waals surface area contributed by atoms with Gasteiger partial charge in [-0.25, -0.2) is 22.1 Å². The highest BCUT2D eigenvalue weighted by atomic mass is 32.2. The second kappa shape index (κ2) is 12.0. The van der Waals surface area contributed by atoms with Crippen LogP contribution in [0.1, 0.15) is 43.6 Å². The number of pyridine rings is 1. The number of carbonyl (C=O) groups excluding carboxylic acids is 2. The van der Waals surface area contributed by atoms with E-state index >= 15 is 0 Å². The molecule has 0 aliphatic heterocycles. The van der Waals surface area contributed by atoms with E-state index in [-0.39, 0.29) is 41.4 Å². The smallest absolute Gasteiger partial charge is 0.342 e. The van der Waals surface area contributed by atoms with Crippen molar-refractivity contribution in [2.45, 2.75) is 39.9 Å². The number of rotatable bonds is 10. The summed E-state index contributed by atoms with van der Waals surface area (Å²) >= 11 is 0. The van der Waals surface area contributed by atoms with Crippen LogP contribution in [-0.2, 0) is 30.9 Å². The molecule has 0 fully saturated rings. The molecule has 216 valence electrons. The number of esters is 2. The number of fused-ring (bicyclic) bond motifs is 1. The number of ether oxygens (including phenoxy) is 3. The minimum atomic E-state index is -4.24. The molecule has 0 saturated heterocycles. The second-order valence-corrected chi connectivity index (χ2v) is 11.8. The van der Waals surface area contributed by atoms with Gasteiger partial charge in [0.05, 0.1) is 18.3 Å². The van der Waals surface area contributed by atoms with Crippen molar-refractivity contribution in [3.63, 3.8) is 0 Å². The number of benzene rings is 2. The first-order chi connectivity index (χ1) is 19.3. The molecule has 0 saturated carbocycles. The summed E-state index contributed by atoms with van der Waals surface area (Å²) in [4.78, 5) is 25.3. The van der Waals surface area contributed by atoms with Gasteiger partial charge >= 0.3 is 11.9 Å². The van der Waals surface area contributed by atoms with Gasteiger partial charge in [0.15, 0.2) is 5.75 Å². The molecule has 2 aromatic carbocycles. The SMILES string of the molecule is CCOC(=O)c1c(-c2ccc(F)cc2)nn2cc(NS(=O)(=O)CC(=O)OC(C)(C)C)c(OCc3ccccc3)cc12. The summed E-state index contributed by atoms with van der Waals surface area (Å²) in [5, 5.41) is 4.49. The summed E-state index contributed by atoms with van der Waals surface area (Å²) in [5.41, 5.74) is 0.905. The van der Waals surface area contributed by atoms with Crippen LogP contribution in [-0.4, -0.2) is 47.9 Å². The first-order valence-corrected chi connectivity index (χ1v) is 14.4. The Bertz CT molecular complexity index is 1660. The molecule has 41 heavy (non-hydrogen) atoms. The molecule has 4 aromatic rings. The normalized spacial score (nSPS) is 11.7. The van der Waals surface area contributed by atoms with Crippen molar-refractivity contribution in [3.05, 3.63) is 83.8 Å². The lowest BCUT2D eigenvalue weighted by atomic mass is 10.1. The summed E-state index contributed by atoms with van der Waals surface area (Å²) in [5.74, 6) is -2.93. The Morgan fingerprint density at radius 2 is 1.73 bits per heavy atom. The van der Waals surface area contributed by atoms with E-state index in [1.54, 1.807) is 27.7 Å². The van der Waals surface area contributed by atoms with Gasteiger partial charge in [-0.3, -0.25) is 9.52 Å². The Kier molecular flexibility index (Phi) is 8.62. The lowest BCUT2D eigenvalue weighted by molar-refractivity contribution is -0.151. The highest BCUT2D eigenvalue weighted by Crippen LogP contribution is 2.34. The number of anilines is 1. The summed E-state index contributed by atoms with van der Waals surface area (Å²) in [7, 11) is -4.24. The number of aromatic nitrogens is 2. The maximum Gasteiger partial charge on any atom is 0.342 e. The predicted octanol–water partition coefficient (Wildman–Crippen LogP) is 4.98. The van der Waals surface area contributed by atoms with Gasteiger partial charge in [-0.1, -0.05) is 30.3 Å². The van der Waals surface area contributed by atoms with Crippen molar-refractivity contribution in [2.24, 2.45) is 0 Å². The molecule has 0 atom stereocenters. The second-order valence-electron chi connectivity index (χ2n) is 10.1. The van der Waals surface area contributed by atoms with Gasteiger partial charge in [-0.15, -0.1) is 0 Å². The monoisotopic (exact) mass is 583 g/mol. The van der Waals surface area contributed by atoms with Crippen LogP contribution in [0, 0.1) is 5.82 Å². The topological polar surface area (TPSA) is 125 Å². The minimum Gasteiger partial charge on any atom is -0.487 e. The van der Waals surface area contributed by atoms with Crippen LogP contribution in [0.15, 0.2) is 66.9 Å². The summed E-state index contributed by atoms with van der Waals surface area (Å²) in [6.07, 6.45) is 1.33. The minimum absolute atomic E-state index is 0.0273. The molecular weight excluding hydrogens is 553 g/mol. The van der Waals surface area contributed by atoms with Gasteiger partial charge in [0.1, 0.15) is 40.7 Å². The molecule has 0 amide bonds. The van der Waals surface area contributed by atoms with Crippen LogP contribution in [0.25, 0.3) is 16.8 Å². The van der Waals surface area contributed by atoms with E-state index in [4.69, 9.17) is 14.2 Å². The zero-order chi connectivity index (χ0) is 29.8. The third kappa shape index (κ3) is 7.60. The van der Waals surface area contributed by atoms with E-state index in [9.17, 15) is 22.4 Å². The largest absolute Gasteiger partial charge is 0.487 e. The van der Waals surface area contributed by atoms with Gasteiger partial charge in [0.25, 0.3) is 0 Å². The van der Waals surface area contributed by atoms with Crippen LogP contribution in [0.4, 0.5) is 10.1 Å². The number of carbonyl (C=O) groups is 2. The molecule has 0 bridgehead atoms. The molecule has 1 N–H and O–H groups in total. The molecule has 2 heterocycles. The van der Waals surface area contributed by atoms with E-state index in [1.165, 1.54) is 41.0 Å². The van der Waals surface area contributed by atoms with E-state index in [1.807, 2.05) is 30.3 Å². The molecule has 0 radical (unpaired) electrons. The average Bonchev–Trinajstić information content (AvgIpc) is 3.25. The average molecular weight is 584 g/mol. The first-order valence-electron chi connectivity index (χ1n) is 12.7. The Balaban J connectivity index is 1.81. The number of hydrogen-bond donors (Lipinski definition) is 1. The van der Waals surface area contributed by atoms with Crippen molar-refractivity contribution < 1.29 is 36.6 Å². The Morgan fingerprint density at radius 1 is 1.05 bits per heavy atom. The van der Waals surface area contributed by atoms with Crippen molar-refractivity contribution in [1.82, 2.24) is 9.61 Å². The van der Waals surface area contributed by atoms with Crippen LogP contribution < -0.4 is 9.46 Å². The molecule has 0 aliphatic carbocycles. The molecule has 0 unspecified atom stereocenters. The molecular formula is C29H30FN3O7S. The van der Waals surface area contributed by atoms with Crippen LogP contribution in [0.3, 0.4) is 0 Å². The fourth-order valence-electron chi connectivity index (χ4n) is 3.95. The van der Waals surface area contributed by atoms with Crippen molar-refractivity contribution >= 4 is 33.2 Å². The zero-order valence-corrected chi connectivity index (χ0v) is 23.8. The molecule has 12 heteroatoms. The number of hydrogen-bond acceptors (Lipinski definition) is 8. The molecule has 0 aliphatic rings. The Morgan fingerprint density at radius 3 is 2.37 bits per heavy atom. The summed E-state index contributed by atoms with van der Waals surface area (Å²) in [6.45, 7) is 6.72. The quantitative estimate of drug-likeness (QED) is 0.259. The first kappa shape index (κ1) is 29.5. The zero-order valence-electron chi connectivity index (χ0n) is 23.0. The Labute approximate surface area is 237 Å². The van der Waals surface area contributed by atoms with Crippen molar-refractivity contribution in [1.29, 1.82) is 0 Å². The lowest BCUT2D eigenvalue weighted by Crippen LogP contribution is -2.31. The van der Waals surface area contributed by atoms with Gasteiger partial charge < -0.3 is 14.2 Å². The number of sulfonamides is 1. The van der Waals surface area contributed by atoms with E-state index < -0.39 is 39.1 Å². The fraction of sp³-hybridized carbons (Fsp3) is 0.276. The molecule has 0 spiro atoms. The third-order valence-corrected chi connectivity index (χ3v) is 6.71. The van der Waals surface area contributed by atoms with Gasteiger partial charge in [-0.2, -0.15) is 5.10 Å². The van der Waals surface area contributed by atoms with Crippen LogP contribution in [0.5, 0.6) is 5.75 Å².